The molecule has 4 rings (SSSR count). The number of fused-ring (bicyclic) bond motifs is 1. The molecule has 27 heavy (non-hydrogen) atoms. The highest BCUT2D eigenvalue weighted by Gasteiger charge is 2.20. The molecule has 3 aromatic rings. The van der Waals surface area contributed by atoms with Crippen LogP contribution in [0, 0.1) is 11.3 Å². The number of aliphatic imine (C=N–C) groups is 1. The number of carboxylic acids is 1. The van der Waals surface area contributed by atoms with E-state index in [4.69, 9.17) is 9.52 Å². The first-order chi connectivity index (χ1) is 13.2. The number of thiophene rings is 1. The molecule has 0 saturated carbocycles. The first-order valence-corrected chi connectivity index (χ1v) is 9.49. The van der Waals surface area contributed by atoms with Crippen molar-refractivity contribution in [1.82, 2.24) is 0 Å². The molecule has 0 saturated heterocycles. The van der Waals surface area contributed by atoms with Crippen molar-refractivity contribution in [2.75, 3.05) is 0 Å². The molecule has 1 aliphatic carbocycles. The van der Waals surface area contributed by atoms with E-state index in [2.05, 4.69) is 11.1 Å². The first-order valence-electron chi connectivity index (χ1n) is 8.68. The van der Waals surface area contributed by atoms with Crippen LogP contribution in [0.4, 0.5) is 5.00 Å². The second-order valence-corrected chi connectivity index (χ2v) is 7.43. The van der Waals surface area contributed by atoms with Gasteiger partial charge in [0.2, 0.25) is 0 Å². The van der Waals surface area contributed by atoms with Gasteiger partial charge in [0.25, 0.3) is 0 Å². The first kappa shape index (κ1) is 17.3. The maximum atomic E-state index is 11.1. The molecular formula is C21H16N2O3S. The van der Waals surface area contributed by atoms with Crippen LogP contribution in [-0.4, -0.2) is 17.3 Å². The van der Waals surface area contributed by atoms with E-state index in [9.17, 15) is 10.1 Å². The summed E-state index contributed by atoms with van der Waals surface area (Å²) < 4.78 is 5.78. The molecule has 0 bridgehead atoms. The van der Waals surface area contributed by atoms with Gasteiger partial charge in [-0.1, -0.05) is 12.1 Å². The van der Waals surface area contributed by atoms with E-state index in [1.807, 2.05) is 0 Å². The van der Waals surface area contributed by atoms with Crippen molar-refractivity contribution in [1.29, 1.82) is 5.26 Å². The summed E-state index contributed by atoms with van der Waals surface area (Å²) in [5.41, 5.74) is 2.75. The monoisotopic (exact) mass is 376 g/mol. The summed E-state index contributed by atoms with van der Waals surface area (Å²) >= 11 is 1.59. The number of aromatic carboxylic acids is 1. The van der Waals surface area contributed by atoms with Gasteiger partial charge in [-0.15, -0.1) is 11.3 Å². The van der Waals surface area contributed by atoms with Crippen molar-refractivity contribution in [3.8, 4) is 17.4 Å². The Kier molecular flexibility index (Phi) is 4.61. The lowest BCUT2D eigenvalue weighted by molar-refractivity contribution is 0.0697. The fourth-order valence-corrected chi connectivity index (χ4v) is 4.45. The summed E-state index contributed by atoms with van der Waals surface area (Å²) in [7, 11) is 0. The van der Waals surface area contributed by atoms with E-state index in [0.29, 0.717) is 22.6 Å². The number of furan rings is 1. The Balaban J connectivity index is 1.60. The summed E-state index contributed by atoms with van der Waals surface area (Å²) in [5.74, 6) is 0.155. The number of nitrogens with zero attached hydrogens (tertiary/aromatic N) is 2. The lowest BCUT2D eigenvalue weighted by atomic mass is 9.96. The third-order valence-electron chi connectivity index (χ3n) is 4.59. The maximum Gasteiger partial charge on any atom is 0.335 e. The Morgan fingerprint density at radius 2 is 2.11 bits per heavy atom. The van der Waals surface area contributed by atoms with Crippen LogP contribution in [0.2, 0.25) is 0 Å². The lowest BCUT2D eigenvalue weighted by Gasteiger charge is -2.09. The van der Waals surface area contributed by atoms with Gasteiger partial charge in [0.05, 0.1) is 17.3 Å². The molecule has 0 aliphatic heterocycles. The minimum Gasteiger partial charge on any atom is -0.478 e. The molecule has 2 aromatic heterocycles. The van der Waals surface area contributed by atoms with E-state index >= 15 is 0 Å². The van der Waals surface area contributed by atoms with E-state index in [0.717, 1.165) is 29.8 Å². The van der Waals surface area contributed by atoms with Crippen LogP contribution in [0.15, 0.2) is 45.8 Å². The number of nitriles is 1. The van der Waals surface area contributed by atoms with Gasteiger partial charge in [-0.05, 0) is 55.5 Å². The van der Waals surface area contributed by atoms with Crippen LogP contribution in [-0.2, 0) is 12.8 Å². The molecule has 0 atom stereocenters. The zero-order chi connectivity index (χ0) is 18.8. The average molecular weight is 376 g/mol. The van der Waals surface area contributed by atoms with Gasteiger partial charge < -0.3 is 9.52 Å². The minimum atomic E-state index is -0.976. The number of carbonyl (C=O) groups is 1. The van der Waals surface area contributed by atoms with E-state index in [1.54, 1.807) is 53.9 Å². The van der Waals surface area contributed by atoms with Crippen LogP contribution in [0.25, 0.3) is 11.3 Å². The van der Waals surface area contributed by atoms with Crippen LogP contribution in [0.3, 0.4) is 0 Å². The smallest absolute Gasteiger partial charge is 0.335 e. The number of carboxylic acid groups (broad SMARTS) is 1. The van der Waals surface area contributed by atoms with Crippen molar-refractivity contribution < 1.29 is 14.3 Å². The topological polar surface area (TPSA) is 86.6 Å². The third kappa shape index (κ3) is 3.42. The fraction of sp³-hybridized carbons (Fsp3) is 0.190. The lowest BCUT2D eigenvalue weighted by Crippen LogP contribution is -1.99. The van der Waals surface area contributed by atoms with Gasteiger partial charge in [-0.3, -0.25) is 0 Å². The molecule has 6 heteroatoms. The Morgan fingerprint density at radius 1 is 1.26 bits per heavy atom. The average Bonchev–Trinajstić information content (AvgIpc) is 3.30. The molecule has 0 radical (unpaired) electrons. The zero-order valence-electron chi connectivity index (χ0n) is 14.4. The molecule has 1 N–H and O–H groups in total. The molecule has 5 nitrogen and oxygen atoms in total. The maximum absolute atomic E-state index is 11.1. The largest absolute Gasteiger partial charge is 0.478 e. The highest BCUT2D eigenvalue weighted by atomic mass is 32.1. The number of rotatable bonds is 4. The molecule has 2 heterocycles. The molecule has 134 valence electrons. The zero-order valence-corrected chi connectivity index (χ0v) is 15.3. The number of aryl methyl sites for hydroxylation is 1. The van der Waals surface area contributed by atoms with Gasteiger partial charge in [0.1, 0.15) is 22.6 Å². The van der Waals surface area contributed by atoms with E-state index < -0.39 is 5.97 Å². The molecule has 0 amide bonds. The molecule has 0 fully saturated rings. The van der Waals surface area contributed by atoms with Gasteiger partial charge in [-0.25, -0.2) is 9.79 Å². The molecule has 0 unspecified atom stereocenters. The highest BCUT2D eigenvalue weighted by Crippen LogP contribution is 2.39. The van der Waals surface area contributed by atoms with Gasteiger partial charge in [0.15, 0.2) is 0 Å². The Hall–Kier alpha value is -3.17. The van der Waals surface area contributed by atoms with E-state index in [-0.39, 0.29) is 5.56 Å². The summed E-state index contributed by atoms with van der Waals surface area (Å²) in [5, 5.41) is 19.3. The summed E-state index contributed by atoms with van der Waals surface area (Å²) in [6, 6.07) is 12.5. The SMILES string of the molecule is N#Cc1c(/N=C/c2ccc(-c3cccc(C(=O)O)c3)o2)sc2c1CCCC2. The predicted octanol–water partition coefficient (Wildman–Crippen LogP) is 5.21. The Bertz CT molecular complexity index is 1090. The van der Waals surface area contributed by atoms with Gasteiger partial charge >= 0.3 is 5.97 Å². The van der Waals surface area contributed by atoms with Crippen molar-refractivity contribution in [3.05, 3.63) is 63.7 Å². The molecule has 1 aliphatic rings. The second-order valence-electron chi connectivity index (χ2n) is 6.35. The molecule has 0 spiro atoms. The van der Waals surface area contributed by atoms with Crippen LogP contribution >= 0.6 is 11.3 Å². The Labute approximate surface area is 160 Å². The van der Waals surface area contributed by atoms with Crippen molar-refractivity contribution in [3.63, 3.8) is 0 Å². The predicted molar refractivity (Wildman–Crippen MR) is 104 cm³/mol. The third-order valence-corrected chi connectivity index (χ3v) is 5.79. The second kappa shape index (κ2) is 7.22. The molecular weight excluding hydrogens is 360 g/mol. The molecule has 1 aromatic carbocycles. The van der Waals surface area contributed by atoms with Crippen LogP contribution in [0.1, 0.15) is 45.0 Å². The Morgan fingerprint density at radius 3 is 2.93 bits per heavy atom. The van der Waals surface area contributed by atoms with Crippen molar-refractivity contribution in [2.45, 2.75) is 25.7 Å². The number of hydrogen-bond donors (Lipinski definition) is 1. The summed E-state index contributed by atoms with van der Waals surface area (Å²) in [4.78, 5) is 16.9. The number of hydrogen-bond acceptors (Lipinski definition) is 5. The van der Waals surface area contributed by atoms with E-state index in [1.165, 1.54) is 11.3 Å². The van der Waals surface area contributed by atoms with Crippen LogP contribution < -0.4 is 0 Å². The van der Waals surface area contributed by atoms with Crippen molar-refractivity contribution in [2.24, 2.45) is 4.99 Å². The minimum absolute atomic E-state index is 0.210. The van der Waals surface area contributed by atoms with Crippen molar-refractivity contribution >= 4 is 28.5 Å². The standard InChI is InChI=1S/C21H16N2O3S/c22-11-17-16-6-1-2-7-19(16)27-20(17)23-12-15-8-9-18(26-15)13-4-3-5-14(10-13)21(24)25/h3-5,8-10,12H,1-2,6-7H2,(H,24,25)/b23-12+. The fourth-order valence-electron chi connectivity index (χ4n) is 3.26. The van der Waals surface area contributed by atoms with Gasteiger partial charge in [0, 0.05) is 10.4 Å². The van der Waals surface area contributed by atoms with Gasteiger partial charge in [-0.2, -0.15) is 5.26 Å². The summed E-state index contributed by atoms with van der Waals surface area (Å²) in [6.07, 6.45) is 5.88. The van der Waals surface area contributed by atoms with Crippen LogP contribution in [0.5, 0.6) is 0 Å². The summed E-state index contributed by atoms with van der Waals surface area (Å²) in [6.45, 7) is 0. The quantitative estimate of drug-likeness (QED) is 0.633. The highest BCUT2D eigenvalue weighted by molar-refractivity contribution is 7.16. The number of benzene rings is 1. The normalized spacial score (nSPS) is 13.4.